The topological polar surface area (TPSA) is 134 Å². The first-order valence-corrected chi connectivity index (χ1v) is 9.98. The molecule has 5 aromatic rings. The number of aromatic amines is 1. The van der Waals surface area contributed by atoms with Crippen LogP contribution in [-0.4, -0.2) is 26.0 Å². The number of rotatable bonds is 4. The first-order chi connectivity index (χ1) is 16.0. The quantitative estimate of drug-likeness (QED) is 0.410. The summed E-state index contributed by atoms with van der Waals surface area (Å²) in [5.74, 6) is 0.874. The van der Waals surface area contributed by atoms with E-state index in [2.05, 4.69) is 20.1 Å². The molecule has 0 atom stereocenters. The summed E-state index contributed by atoms with van der Waals surface area (Å²) in [4.78, 5) is 21.6. The van der Waals surface area contributed by atoms with Crippen LogP contribution in [0.1, 0.15) is 6.92 Å². The number of hydrogen-bond acceptors (Lipinski definition) is 7. The highest BCUT2D eigenvalue weighted by Crippen LogP contribution is 2.30. The number of nitrogens with zero attached hydrogens (tertiary/aromatic N) is 4. The number of carbonyl (C=O) groups is 1. The number of pyridine rings is 1. The molecular weight excluding hydrogens is 420 g/mol. The molecule has 0 aliphatic heterocycles. The van der Waals surface area contributed by atoms with Crippen LogP contribution in [0.4, 0.5) is 5.82 Å². The van der Waals surface area contributed by atoms with Gasteiger partial charge >= 0.3 is 5.65 Å². The predicted molar refractivity (Wildman–Crippen MR) is 120 cm³/mol. The Morgan fingerprint density at radius 2 is 1.61 bits per heavy atom. The minimum Gasteiger partial charge on any atom is -0.550 e. The Balaban J connectivity index is 0.000000601. The average Bonchev–Trinajstić information content (AvgIpc) is 3.22. The van der Waals surface area contributed by atoms with Gasteiger partial charge in [-0.05, 0) is 48.3 Å². The van der Waals surface area contributed by atoms with Gasteiger partial charge < -0.3 is 20.4 Å². The van der Waals surface area contributed by atoms with E-state index in [-0.39, 0.29) is 0 Å². The van der Waals surface area contributed by atoms with Gasteiger partial charge in [0.05, 0.1) is 0 Å². The lowest BCUT2D eigenvalue weighted by molar-refractivity contribution is -0.631. The van der Waals surface area contributed by atoms with Crippen LogP contribution in [0.15, 0.2) is 85.5 Å². The van der Waals surface area contributed by atoms with E-state index in [1.807, 2.05) is 71.4 Å². The summed E-state index contributed by atoms with van der Waals surface area (Å²) in [5.41, 5.74) is 9.58. The standard InChI is InChI=1S/C22H16N6O.C2H4O2/c23-21-19-20(15-6-8-18(9-7-15)29-17-4-2-1-3-5-17)27-28(22(19)26-14-25-21)16-10-12-24-13-11-16;1-2(3)4/h1-14H,(H2,23,25,26,27);1H3,(H,3,4). The van der Waals surface area contributed by atoms with Crippen molar-refractivity contribution in [3.63, 3.8) is 0 Å². The second-order valence-electron chi connectivity index (χ2n) is 6.92. The number of H-pyrrole nitrogens is 1. The molecular formula is C24H20N6O3. The second kappa shape index (κ2) is 9.56. The van der Waals surface area contributed by atoms with E-state index >= 15 is 0 Å². The molecule has 0 unspecified atom stereocenters. The van der Waals surface area contributed by atoms with Gasteiger partial charge in [0.2, 0.25) is 6.33 Å². The maximum Gasteiger partial charge on any atom is 0.361 e. The lowest BCUT2D eigenvalue weighted by Gasteiger charge is -2.06. The lowest BCUT2D eigenvalue weighted by Crippen LogP contribution is -2.33. The fourth-order valence-corrected chi connectivity index (χ4v) is 3.22. The second-order valence-corrected chi connectivity index (χ2v) is 6.92. The smallest absolute Gasteiger partial charge is 0.361 e. The number of carboxylic acids is 1. The van der Waals surface area contributed by atoms with E-state index < -0.39 is 5.97 Å². The van der Waals surface area contributed by atoms with Crippen LogP contribution >= 0.6 is 0 Å². The first kappa shape index (κ1) is 21.4. The number of carbonyl (C=O) groups excluding carboxylic acids is 1. The minimum absolute atomic E-state index is 0.415. The number of ether oxygens (including phenoxy) is 1. The SMILES string of the molecule is CC(=O)[O-].Nc1ncnc2c1c(-c1ccc(Oc3ccccc3)cc1)[nH][n+]2-c1ccncc1. The molecule has 0 fully saturated rings. The number of hydrogen-bond donors (Lipinski definition) is 2. The molecule has 0 amide bonds. The maximum absolute atomic E-state index is 8.89. The molecule has 5 rings (SSSR count). The molecule has 0 aliphatic carbocycles. The van der Waals surface area contributed by atoms with Crippen molar-refractivity contribution in [1.29, 1.82) is 0 Å². The number of benzene rings is 2. The van der Waals surface area contributed by atoms with E-state index in [1.165, 1.54) is 6.33 Å². The molecule has 3 N–H and O–H groups in total. The Labute approximate surface area is 189 Å². The third-order valence-electron chi connectivity index (χ3n) is 4.58. The minimum atomic E-state index is -1.08. The number of carboxylic acid groups (broad SMARTS) is 1. The Hall–Kier alpha value is -4.79. The van der Waals surface area contributed by atoms with Gasteiger partial charge in [0, 0.05) is 36.1 Å². The zero-order valence-corrected chi connectivity index (χ0v) is 17.7. The van der Waals surface area contributed by atoms with Gasteiger partial charge in [-0.3, -0.25) is 4.98 Å². The van der Waals surface area contributed by atoms with Crippen LogP contribution in [-0.2, 0) is 4.79 Å². The zero-order chi connectivity index (χ0) is 23.2. The zero-order valence-electron chi connectivity index (χ0n) is 17.7. The summed E-state index contributed by atoms with van der Waals surface area (Å²) in [6, 6.07) is 21.3. The van der Waals surface area contributed by atoms with E-state index in [4.69, 9.17) is 20.4 Å². The molecule has 3 heterocycles. The number of fused-ring (bicyclic) bond motifs is 1. The lowest BCUT2D eigenvalue weighted by atomic mass is 10.1. The summed E-state index contributed by atoms with van der Waals surface area (Å²) < 4.78 is 7.76. The van der Waals surface area contributed by atoms with E-state index in [1.54, 1.807) is 12.4 Å². The molecule has 2 aromatic carbocycles. The number of nitrogens with one attached hydrogen (secondary N) is 1. The molecule has 9 heteroatoms. The van der Waals surface area contributed by atoms with Crippen LogP contribution in [0.5, 0.6) is 11.5 Å². The number of nitrogens with two attached hydrogens (primary N) is 1. The first-order valence-electron chi connectivity index (χ1n) is 9.98. The Morgan fingerprint density at radius 1 is 0.970 bits per heavy atom. The Bertz CT molecular complexity index is 1370. The van der Waals surface area contributed by atoms with Gasteiger partial charge in [-0.1, -0.05) is 18.2 Å². The third-order valence-corrected chi connectivity index (χ3v) is 4.58. The molecule has 33 heavy (non-hydrogen) atoms. The van der Waals surface area contributed by atoms with Crippen molar-refractivity contribution < 1.29 is 19.3 Å². The van der Waals surface area contributed by atoms with Crippen LogP contribution in [0.3, 0.4) is 0 Å². The molecule has 164 valence electrons. The normalized spacial score (nSPS) is 10.3. The largest absolute Gasteiger partial charge is 0.550 e. The summed E-state index contributed by atoms with van der Waals surface area (Å²) in [6.07, 6.45) is 4.92. The number of nitrogen functional groups attached to an aromatic ring is 1. The number of para-hydroxylation sites is 1. The predicted octanol–water partition coefficient (Wildman–Crippen LogP) is 2.43. The van der Waals surface area contributed by atoms with Crippen LogP contribution < -0.4 is 20.3 Å². The molecule has 3 aromatic heterocycles. The highest BCUT2D eigenvalue weighted by Gasteiger charge is 2.23. The van der Waals surface area contributed by atoms with Gasteiger partial charge in [-0.25, -0.2) is 5.10 Å². The van der Waals surface area contributed by atoms with Crippen molar-refractivity contribution in [2.45, 2.75) is 6.92 Å². The molecule has 0 bridgehead atoms. The van der Waals surface area contributed by atoms with Gasteiger partial charge in [0.25, 0.3) is 0 Å². The highest BCUT2D eigenvalue weighted by atomic mass is 16.5. The summed E-state index contributed by atoms with van der Waals surface area (Å²) in [6.45, 7) is 0.972. The van der Waals surface area contributed by atoms with Crippen LogP contribution in [0, 0.1) is 0 Å². The van der Waals surface area contributed by atoms with Crippen molar-refractivity contribution in [2.24, 2.45) is 0 Å². The molecule has 0 saturated carbocycles. The molecule has 9 nitrogen and oxygen atoms in total. The van der Waals surface area contributed by atoms with E-state index in [9.17, 15) is 0 Å². The summed E-state index contributed by atoms with van der Waals surface area (Å²) >= 11 is 0. The fourth-order valence-electron chi connectivity index (χ4n) is 3.22. The van der Waals surface area contributed by atoms with Crippen LogP contribution in [0.25, 0.3) is 28.0 Å². The molecule has 0 aliphatic rings. The van der Waals surface area contributed by atoms with Crippen LogP contribution in [0.2, 0.25) is 0 Å². The number of anilines is 1. The van der Waals surface area contributed by atoms with E-state index in [0.29, 0.717) is 11.5 Å². The molecule has 0 saturated heterocycles. The summed E-state index contributed by atoms with van der Waals surface area (Å²) in [5, 5.41) is 13.1. The van der Waals surface area contributed by atoms with Gasteiger partial charge in [0.15, 0.2) is 5.69 Å². The number of aromatic nitrogens is 5. The van der Waals surface area contributed by atoms with Crippen molar-refractivity contribution >= 4 is 22.8 Å². The molecule has 0 spiro atoms. The van der Waals surface area contributed by atoms with Crippen molar-refractivity contribution in [3.8, 4) is 28.4 Å². The summed E-state index contributed by atoms with van der Waals surface area (Å²) in [7, 11) is 0. The van der Waals surface area contributed by atoms with Gasteiger partial charge in [0.1, 0.15) is 28.4 Å². The Morgan fingerprint density at radius 3 is 2.27 bits per heavy atom. The van der Waals surface area contributed by atoms with Gasteiger partial charge in [-0.2, -0.15) is 4.98 Å². The highest BCUT2D eigenvalue weighted by molar-refractivity contribution is 5.96. The van der Waals surface area contributed by atoms with E-state index in [0.717, 1.165) is 40.8 Å². The maximum atomic E-state index is 8.89. The average molecular weight is 440 g/mol. The number of aliphatic carboxylic acids is 1. The van der Waals surface area contributed by atoms with Crippen molar-refractivity contribution in [2.75, 3.05) is 5.73 Å². The third kappa shape index (κ3) is 4.93. The monoisotopic (exact) mass is 440 g/mol. The van der Waals surface area contributed by atoms with Crippen molar-refractivity contribution in [3.05, 3.63) is 85.5 Å². The molecule has 0 radical (unpaired) electrons. The van der Waals surface area contributed by atoms with Gasteiger partial charge in [-0.15, -0.1) is 4.68 Å². The fraction of sp³-hybridized carbons (Fsp3) is 0.0417. The Kier molecular flexibility index (Phi) is 6.21. The van der Waals surface area contributed by atoms with Crippen molar-refractivity contribution in [1.82, 2.24) is 20.1 Å².